The number of nitrogens with one attached hydrogen (secondary N) is 1. The van der Waals surface area contributed by atoms with Gasteiger partial charge in [-0.05, 0) is 32.6 Å². The predicted octanol–water partition coefficient (Wildman–Crippen LogP) is 2.84. The zero-order valence-electron chi connectivity index (χ0n) is 11.9. The van der Waals surface area contributed by atoms with Crippen LogP contribution in [0.4, 0.5) is 11.6 Å². The minimum atomic E-state index is 0.577. The lowest BCUT2D eigenvalue weighted by molar-refractivity contribution is 0.625. The van der Waals surface area contributed by atoms with Crippen molar-refractivity contribution < 1.29 is 0 Å². The summed E-state index contributed by atoms with van der Waals surface area (Å²) in [5.74, 6) is 3.62. The highest BCUT2D eigenvalue weighted by molar-refractivity contribution is 5.50. The lowest BCUT2D eigenvalue weighted by Gasteiger charge is -2.23. The van der Waals surface area contributed by atoms with Crippen LogP contribution in [-0.4, -0.2) is 29.1 Å². The van der Waals surface area contributed by atoms with E-state index in [0.717, 1.165) is 42.9 Å². The van der Waals surface area contributed by atoms with Gasteiger partial charge in [-0.25, -0.2) is 9.97 Å². The first-order chi connectivity index (χ1) is 8.60. The maximum absolute atomic E-state index is 4.58. The van der Waals surface area contributed by atoms with Crippen molar-refractivity contribution in [2.45, 2.75) is 46.6 Å². The third-order valence-electron chi connectivity index (χ3n) is 3.46. The van der Waals surface area contributed by atoms with Crippen molar-refractivity contribution in [3.05, 3.63) is 11.9 Å². The summed E-state index contributed by atoms with van der Waals surface area (Å²) in [5.41, 5.74) is 0. The predicted molar refractivity (Wildman–Crippen MR) is 76.1 cm³/mol. The molecule has 0 spiro atoms. The van der Waals surface area contributed by atoms with E-state index in [4.69, 9.17) is 0 Å². The van der Waals surface area contributed by atoms with E-state index in [2.05, 4.69) is 47.0 Å². The Bertz CT molecular complexity index is 405. The Kier molecular flexibility index (Phi) is 4.04. The Morgan fingerprint density at radius 1 is 1.39 bits per heavy atom. The molecule has 1 N–H and O–H groups in total. The zero-order chi connectivity index (χ0) is 13.1. The molecule has 0 aliphatic carbocycles. The molecule has 0 amide bonds. The molecule has 1 saturated heterocycles. The van der Waals surface area contributed by atoms with Crippen molar-refractivity contribution >= 4 is 11.6 Å². The number of hydrogen-bond donors (Lipinski definition) is 1. The Morgan fingerprint density at radius 3 is 2.78 bits per heavy atom. The molecule has 2 unspecified atom stereocenters. The van der Waals surface area contributed by atoms with Crippen LogP contribution in [0, 0.1) is 12.8 Å². The van der Waals surface area contributed by atoms with Crippen molar-refractivity contribution in [2.75, 3.05) is 23.3 Å². The Balaban J connectivity index is 2.19. The number of rotatable bonds is 4. The van der Waals surface area contributed by atoms with Crippen LogP contribution in [0.15, 0.2) is 6.07 Å². The Labute approximate surface area is 110 Å². The molecule has 1 fully saturated rings. The molecule has 2 heterocycles. The molecule has 0 saturated carbocycles. The molecule has 1 aromatic rings. The number of anilines is 2. The van der Waals surface area contributed by atoms with Crippen molar-refractivity contribution in [1.29, 1.82) is 0 Å². The number of hydrogen-bond acceptors (Lipinski definition) is 4. The van der Waals surface area contributed by atoms with Crippen molar-refractivity contribution in [3.63, 3.8) is 0 Å². The smallest absolute Gasteiger partial charge is 0.134 e. The molecule has 2 rings (SSSR count). The second kappa shape index (κ2) is 5.55. The highest BCUT2D eigenvalue weighted by Gasteiger charge is 2.27. The van der Waals surface area contributed by atoms with Crippen LogP contribution in [0.25, 0.3) is 0 Å². The van der Waals surface area contributed by atoms with Crippen LogP contribution in [0.3, 0.4) is 0 Å². The molecule has 4 heteroatoms. The molecule has 1 aliphatic heterocycles. The quantitative estimate of drug-likeness (QED) is 0.889. The topological polar surface area (TPSA) is 41.0 Å². The Morgan fingerprint density at radius 2 is 2.17 bits per heavy atom. The van der Waals surface area contributed by atoms with E-state index in [1.165, 1.54) is 6.42 Å². The van der Waals surface area contributed by atoms with Crippen LogP contribution in [0.1, 0.15) is 39.4 Å². The van der Waals surface area contributed by atoms with E-state index < -0.39 is 0 Å². The van der Waals surface area contributed by atoms with Gasteiger partial charge in [0.05, 0.1) is 0 Å². The third kappa shape index (κ3) is 2.92. The minimum Gasteiger partial charge on any atom is -0.370 e. The van der Waals surface area contributed by atoms with Gasteiger partial charge in [-0.3, -0.25) is 0 Å². The molecule has 4 nitrogen and oxygen atoms in total. The van der Waals surface area contributed by atoms with Gasteiger partial charge in [-0.2, -0.15) is 0 Å². The Hall–Kier alpha value is -1.32. The van der Waals surface area contributed by atoms with Crippen LogP contribution in [0.2, 0.25) is 0 Å². The molecule has 18 heavy (non-hydrogen) atoms. The van der Waals surface area contributed by atoms with E-state index in [1.54, 1.807) is 0 Å². The average Bonchev–Trinajstić information content (AvgIpc) is 2.65. The summed E-state index contributed by atoms with van der Waals surface area (Å²) in [6.07, 6.45) is 2.36. The molecule has 1 aromatic heterocycles. The second-order valence-electron chi connectivity index (χ2n) is 5.43. The largest absolute Gasteiger partial charge is 0.370 e. The highest BCUT2D eigenvalue weighted by atomic mass is 15.2. The first-order valence-electron chi connectivity index (χ1n) is 6.96. The van der Waals surface area contributed by atoms with Gasteiger partial charge >= 0.3 is 0 Å². The fraction of sp³-hybridized carbons (Fsp3) is 0.714. The third-order valence-corrected chi connectivity index (χ3v) is 3.46. The number of nitrogens with zero attached hydrogens (tertiary/aromatic N) is 3. The van der Waals surface area contributed by atoms with Gasteiger partial charge in [-0.15, -0.1) is 0 Å². The molecule has 1 aliphatic rings. The molecule has 100 valence electrons. The van der Waals surface area contributed by atoms with E-state index in [1.807, 2.05) is 6.92 Å². The molecule has 0 aromatic carbocycles. The fourth-order valence-electron chi connectivity index (χ4n) is 2.66. The first-order valence-corrected chi connectivity index (χ1v) is 6.96. The van der Waals surface area contributed by atoms with Gasteiger partial charge in [-0.1, -0.05) is 13.8 Å². The van der Waals surface area contributed by atoms with E-state index >= 15 is 0 Å². The maximum Gasteiger partial charge on any atom is 0.134 e. The van der Waals surface area contributed by atoms with Gasteiger partial charge < -0.3 is 10.2 Å². The van der Waals surface area contributed by atoms with E-state index in [-0.39, 0.29) is 0 Å². The first kappa shape index (κ1) is 13.1. The summed E-state index contributed by atoms with van der Waals surface area (Å²) >= 11 is 0. The average molecular weight is 248 g/mol. The molecular weight excluding hydrogens is 224 g/mol. The standard InChI is InChI=1S/C14H24N4/c1-5-6-15-13-8-14(17-12(4)16-13)18-9-10(2)7-11(18)3/h8,10-11H,5-7,9H2,1-4H3,(H,15,16,17). The van der Waals surface area contributed by atoms with Crippen LogP contribution < -0.4 is 10.2 Å². The van der Waals surface area contributed by atoms with E-state index in [0.29, 0.717) is 6.04 Å². The highest BCUT2D eigenvalue weighted by Crippen LogP contribution is 2.28. The number of aryl methyl sites for hydroxylation is 1. The summed E-state index contributed by atoms with van der Waals surface area (Å²) in [6, 6.07) is 2.66. The van der Waals surface area contributed by atoms with Gasteiger partial charge in [0.2, 0.25) is 0 Å². The molecule has 2 atom stereocenters. The zero-order valence-corrected chi connectivity index (χ0v) is 11.9. The van der Waals surface area contributed by atoms with Crippen molar-refractivity contribution in [2.24, 2.45) is 5.92 Å². The monoisotopic (exact) mass is 248 g/mol. The second-order valence-corrected chi connectivity index (χ2v) is 5.43. The van der Waals surface area contributed by atoms with Gasteiger partial charge in [0.25, 0.3) is 0 Å². The van der Waals surface area contributed by atoms with Crippen LogP contribution >= 0.6 is 0 Å². The van der Waals surface area contributed by atoms with Gasteiger partial charge in [0.1, 0.15) is 17.5 Å². The van der Waals surface area contributed by atoms with Crippen molar-refractivity contribution in [1.82, 2.24) is 9.97 Å². The van der Waals surface area contributed by atoms with Gasteiger partial charge in [0.15, 0.2) is 0 Å². The SMILES string of the molecule is CCCNc1cc(N2CC(C)CC2C)nc(C)n1. The maximum atomic E-state index is 4.58. The molecule has 0 radical (unpaired) electrons. The van der Waals surface area contributed by atoms with Gasteiger partial charge in [0, 0.05) is 25.2 Å². The summed E-state index contributed by atoms with van der Waals surface area (Å²) in [4.78, 5) is 11.4. The van der Waals surface area contributed by atoms with E-state index in [9.17, 15) is 0 Å². The fourth-order valence-corrected chi connectivity index (χ4v) is 2.66. The normalized spacial score (nSPS) is 23.4. The van der Waals surface area contributed by atoms with Crippen molar-refractivity contribution in [3.8, 4) is 0 Å². The lowest BCUT2D eigenvalue weighted by Crippen LogP contribution is -2.28. The molecular formula is C14H24N4. The summed E-state index contributed by atoms with van der Waals surface area (Å²) < 4.78 is 0. The van der Waals surface area contributed by atoms with Crippen LogP contribution in [0.5, 0.6) is 0 Å². The van der Waals surface area contributed by atoms with Crippen LogP contribution in [-0.2, 0) is 0 Å². The summed E-state index contributed by atoms with van der Waals surface area (Å²) in [5, 5.41) is 3.35. The number of aromatic nitrogens is 2. The molecule has 0 bridgehead atoms. The summed E-state index contributed by atoms with van der Waals surface area (Å²) in [6.45, 7) is 10.8. The summed E-state index contributed by atoms with van der Waals surface area (Å²) in [7, 11) is 0. The lowest BCUT2D eigenvalue weighted by atomic mass is 10.1. The minimum absolute atomic E-state index is 0.577.